The van der Waals surface area contributed by atoms with Gasteiger partial charge in [-0.3, -0.25) is 4.79 Å². The molecule has 1 aromatic rings. The minimum absolute atomic E-state index is 0.186. The second kappa shape index (κ2) is 3.61. The number of cyclic esters (lactones) is 1. The number of amides is 1. The number of hydrogen-bond donors (Lipinski definition) is 2. The molecule has 1 heterocycles. The number of carbonyl (C=O) groups excluding carboxylic acids is 2. The van der Waals surface area contributed by atoms with Crippen LogP contribution in [0, 0.1) is 0 Å². The summed E-state index contributed by atoms with van der Waals surface area (Å²) < 4.78 is 4.74. The summed E-state index contributed by atoms with van der Waals surface area (Å²) in [6.45, 7) is 2.06. The van der Waals surface area contributed by atoms with Gasteiger partial charge >= 0.3 is 11.8 Å². The monoisotopic (exact) mass is 221 g/mol. The molecule has 0 saturated carbocycles. The molecule has 0 bridgehead atoms. The van der Waals surface area contributed by atoms with Crippen molar-refractivity contribution in [1.82, 2.24) is 5.32 Å². The van der Waals surface area contributed by atoms with E-state index in [1.807, 2.05) is 0 Å². The quantitative estimate of drug-likeness (QED) is 0.696. The summed E-state index contributed by atoms with van der Waals surface area (Å²) in [5, 5.41) is 12.5. The van der Waals surface area contributed by atoms with Gasteiger partial charge < -0.3 is 15.2 Å². The Morgan fingerprint density at radius 2 is 2.19 bits per heavy atom. The normalized spacial score (nSPS) is 22.5. The molecule has 84 valence electrons. The maximum absolute atomic E-state index is 11.6. The zero-order valence-electron chi connectivity index (χ0n) is 8.69. The van der Waals surface area contributed by atoms with Crippen LogP contribution in [0.2, 0.25) is 0 Å². The summed E-state index contributed by atoms with van der Waals surface area (Å²) >= 11 is 0. The lowest BCUT2D eigenvalue weighted by atomic mass is 10.0. The van der Waals surface area contributed by atoms with Gasteiger partial charge in [0, 0.05) is 12.1 Å². The molecule has 1 aliphatic rings. The summed E-state index contributed by atoms with van der Waals surface area (Å²) in [5.41, 5.74) is 0.405. The van der Waals surface area contributed by atoms with Crippen molar-refractivity contribution in [2.75, 3.05) is 6.54 Å². The molecule has 0 radical (unpaired) electrons. The molecule has 0 saturated heterocycles. The highest BCUT2D eigenvalue weighted by atomic mass is 16.7. The van der Waals surface area contributed by atoms with Crippen LogP contribution in [0.15, 0.2) is 24.3 Å². The van der Waals surface area contributed by atoms with Crippen LogP contribution in [-0.2, 0) is 15.3 Å². The van der Waals surface area contributed by atoms with Crippen molar-refractivity contribution in [1.29, 1.82) is 0 Å². The Morgan fingerprint density at radius 1 is 1.50 bits per heavy atom. The fourth-order valence-electron chi connectivity index (χ4n) is 1.65. The van der Waals surface area contributed by atoms with E-state index in [1.54, 1.807) is 19.1 Å². The van der Waals surface area contributed by atoms with E-state index in [0.29, 0.717) is 6.54 Å². The second-order valence-corrected chi connectivity index (χ2v) is 3.44. The molecule has 5 nitrogen and oxygen atoms in total. The zero-order valence-corrected chi connectivity index (χ0v) is 8.69. The van der Waals surface area contributed by atoms with Gasteiger partial charge in [0.1, 0.15) is 0 Å². The number of ether oxygens (including phenoxy) is 1. The topological polar surface area (TPSA) is 75.6 Å². The lowest BCUT2D eigenvalue weighted by Gasteiger charge is -2.20. The molecule has 0 aromatic heterocycles. The fourth-order valence-corrected chi connectivity index (χ4v) is 1.65. The first-order valence-corrected chi connectivity index (χ1v) is 4.93. The molecule has 16 heavy (non-hydrogen) atoms. The zero-order chi connectivity index (χ0) is 11.8. The highest BCUT2D eigenvalue weighted by molar-refractivity contribution is 6.01. The van der Waals surface area contributed by atoms with Gasteiger partial charge in [0.25, 0.3) is 5.91 Å². The van der Waals surface area contributed by atoms with Gasteiger partial charge in [-0.2, -0.15) is 0 Å². The van der Waals surface area contributed by atoms with Crippen molar-refractivity contribution >= 4 is 11.9 Å². The molecule has 1 amide bonds. The van der Waals surface area contributed by atoms with Crippen LogP contribution in [0.3, 0.4) is 0 Å². The van der Waals surface area contributed by atoms with Crippen LogP contribution in [-0.4, -0.2) is 23.5 Å². The third kappa shape index (κ3) is 1.37. The maximum atomic E-state index is 11.6. The Hall–Kier alpha value is -1.88. The molecule has 2 rings (SSSR count). The third-order valence-electron chi connectivity index (χ3n) is 2.40. The van der Waals surface area contributed by atoms with Crippen molar-refractivity contribution in [2.24, 2.45) is 0 Å². The van der Waals surface area contributed by atoms with Crippen LogP contribution in [0.5, 0.6) is 0 Å². The van der Waals surface area contributed by atoms with E-state index >= 15 is 0 Å². The molecular formula is C11H11NO4. The molecule has 0 spiro atoms. The Bertz CT molecular complexity index is 457. The van der Waals surface area contributed by atoms with Gasteiger partial charge in [-0.25, -0.2) is 4.79 Å². The largest absolute Gasteiger partial charge is 0.415 e. The average Bonchev–Trinajstić information content (AvgIpc) is 2.54. The number of aliphatic hydroxyl groups is 1. The molecule has 1 aliphatic heterocycles. The number of carbonyl (C=O) groups is 2. The van der Waals surface area contributed by atoms with Crippen LogP contribution in [0.25, 0.3) is 0 Å². The fraction of sp³-hybridized carbons (Fsp3) is 0.273. The number of esters is 1. The van der Waals surface area contributed by atoms with Gasteiger partial charge in [0.15, 0.2) is 0 Å². The number of nitrogens with one attached hydrogen (secondary N) is 1. The van der Waals surface area contributed by atoms with Crippen molar-refractivity contribution in [3.05, 3.63) is 35.4 Å². The molecule has 1 atom stereocenters. The molecule has 1 unspecified atom stereocenters. The standard InChI is InChI=1S/C11H11NO4/c1-2-12-10(14)11(15)8-6-4-3-5-7(8)9(13)16-11/h3-6,15H,2H2,1H3,(H,12,14). The highest BCUT2D eigenvalue weighted by Crippen LogP contribution is 2.34. The number of fused-ring (bicyclic) bond motifs is 1. The van der Waals surface area contributed by atoms with Crippen molar-refractivity contribution < 1.29 is 19.4 Å². The second-order valence-electron chi connectivity index (χ2n) is 3.44. The van der Waals surface area contributed by atoms with E-state index in [1.165, 1.54) is 12.1 Å². The minimum atomic E-state index is -2.19. The Labute approximate surface area is 92.0 Å². The highest BCUT2D eigenvalue weighted by Gasteiger charge is 2.50. The number of benzene rings is 1. The molecule has 0 fully saturated rings. The first kappa shape index (κ1) is 10.6. The van der Waals surface area contributed by atoms with E-state index < -0.39 is 17.7 Å². The Morgan fingerprint density at radius 3 is 2.88 bits per heavy atom. The van der Waals surface area contributed by atoms with E-state index in [9.17, 15) is 14.7 Å². The first-order valence-electron chi connectivity index (χ1n) is 4.93. The summed E-state index contributed by atoms with van der Waals surface area (Å²) in [6.07, 6.45) is 0. The van der Waals surface area contributed by atoms with Gasteiger partial charge in [-0.05, 0) is 13.0 Å². The van der Waals surface area contributed by atoms with Gasteiger partial charge in [0.2, 0.25) is 0 Å². The lowest BCUT2D eigenvalue weighted by molar-refractivity contribution is -0.185. The predicted octanol–water partition coefficient (Wildman–Crippen LogP) is 0.138. The molecule has 0 aliphatic carbocycles. The van der Waals surface area contributed by atoms with Crippen LogP contribution >= 0.6 is 0 Å². The van der Waals surface area contributed by atoms with Crippen molar-refractivity contribution in [2.45, 2.75) is 12.7 Å². The van der Waals surface area contributed by atoms with Crippen molar-refractivity contribution in [3.63, 3.8) is 0 Å². The van der Waals surface area contributed by atoms with Crippen molar-refractivity contribution in [3.8, 4) is 0 Å². The van der Waals surface area contributed by atoms with E-state index in [-0.39, 0.29) is 11.1 Å². The molecule has 5 heteroatoms. The van der Waals surface area contributed by atoms with Crippen LogP contribution in [0.1, 0.15) is 22.8 Å². The SMILES string of the molecule is CCNC(=O)C1(O)OC(=O)c2ccccc21. The van der Waals surface area contributed by atoms with Crippen LogP contribution in [0.4, 0.5) is 0 Å². The van der Waals surface area contributed by atoms with E-state index in [4.69, 9.17) is 4.74 Å². The smallest absolute Gasteiger partial charge is 0.341 e. The number of hydrogen-bond acceptors (Lipinski definition) is 4. The summed E-state index contributed by atoms with van der Waals surface area (Å²) in [5.74, 6) is -3.61. The Kier molecular flexibility index (Phi) is 2.40. The molecule has 1 aromatic carbocycles. The molecule has 2 N–H and O–H groups in total. The lowest BCUT2D eigenvalue weighted by Crippen LogP contribution is -2.44. The number of likely N-dealkylation sites (N-methyl/N-ethyl adjacent to an activating group) is 1. The first-order chi connectivity index (χ1) is 7.59. The number of rotatable bonds is 2. The molecular weight excluding hydrogens is 210 g/mol. The Balaban J connectivity index is 2.46. The third-order valence-corrected chi connectivity index (χ3v) is 2.40. The van der Waals surface area contributed by atoms with E-state index in [2.05, 4.69) is 5.32 Å². The average molecular weight is 221 g/mol. The summed E-state index contributed by atoms with van der Waals surface area (Å²) in [7, 11) is 0. The van der Waals surface area contributed by atoms with E-state index in [0.717, 1.165) is 0 Å². The summed E-state index contributed by atoms with van der Waals surface area (Å²) in [6, 6.07) is 6.28. The van der Waals surface area contributed by atoms with Gasteiger partial charge in [-0.1, -0.05) is 18.2 Å². The maximum Gasteiger partial charge on any atom is 0.341 e. The van der Waals surface area contributed by atoms with Gasteiger partial charge in [-0.15, -0.1) is 0 Å². The van der Waals surface area contributed by atoms with Crippen LogP contribution < -0.4 is 5.32 Å². The minimum Gasteiger partial charge on any atom is -0.415 e. The van der Waals surface area contributed by atoms with Gasteiger partial charge in [0.05, 0.1) is 5.56 Å². The predicted molar refractivity (Wildman–Crippen MR) is 54.4 cm³/mol. The summed E-state index contributed by atoms with van der Waals surface area (Å²) in [4.78, 5) is 23.1.